The topological polar surface area (TPSA) is 29.1 Å². The molecule has 130 valence electrons. The van der Waals surface area contributed by atoms with E-state index in [0.717, 1.165) is 5.56 Å². The fourth-order valence-electron chi connectivity index (χ4n) is 2.33. The van der Waals surface area contributed by atoms with Gasteiger partial charge in [-0.15, -0.1) is 0 Å². The van der Waals surface area contributed by atoms with Gasteiger partial charge in [0.2, 0.25) is 11.3 Å². The zero-order chi connectivity index (χ0) is 18.2. The molecule has 0 atom stereocenters. The number of aryl methyl sites for hydroxylation is 2. The molecule has 0 spiro atoms. The summed E-state index contributed by atoms with van der Waals surface area (Å²) in [6.45, 7) is 5.75. The van der Waals surface area contributed by atoms with Crippen molar-refractivity contribution in [2.45, 2.75) is 46.5 Å². The summed E-state index contributed by atoms with van der Waals surface area (Å²) in [5.74, 6) is -2.12. The first-order valence-corrected chi connectivity index (χ1v) is 6.80. The predicted octanol–water partition coefficient (Wildman–Crippen LogP) is 5.07. The Morgan fingerprint density at radius 1 is 0.957 bits per heavy atom. The average Bonchev–Trinajstić information content (AvgIpc) is 2.33. The van der Waals surface area contributed by atoms with E-state index in [1.165, 1.54) is 12.1 Å². The molecular weight excluding hydrogens is 324 g/mol. The Hall–Kier alpha value is -1.73. The van der Waals surface area contributed by atoms with Crippen molar-refractivity contribution in [3.8, 4) is 0 Å². The van der Waals surface area contributed by atoms with Crippen molar-refractivity contribution in [2.75, 3.05) is 5.32 Å². The van der Waals surface area contributed by atoms with Gasteiger partial charge in [-0.3, -0.25) is 4.79 Å². The number of halogens is 6. The Balaban J connectivity index is 3.34. The van der Waals surface area contributed by atoms with Gasteiger partial charge in [0.05, 0.1) is 0 Å². The number of carbonyl (C=O) groups is 1. The summed E-state index contributed by atoms with van der Waals surface area (Å²) in [6.07, 6.45) is -12.9. The standard InChI is InChI=1S/C15H17F6NO/c1-5-13(14(16,17)18,15(19,20)21)12(23)22-11-6-8(2)10(4)9(3)7-11/h6-7H,5H2,1-4H3,(H,22,23). The highest BCUT2D eigenvalue weighted by Gasteiger charge is 2.74. The van der Waals surface area contributed by atoms with Crippen molar-refractivity contribution in [1.29, 1.82) is 0 Å². The Labute approximate surface area is 129 Å². The van der Waals surface area contributed by atoms with E-state index in [1.54, 1.807) is 26.1 Å². The van der Waals surface area contributed by atoms with E-state index in [4.69, 9.17) is 0 Å². The molecule has 0 fully saturated rings. The molecule has 1 amide bonds. The monoisotopic (exact) mass is 341 g/mol. The normalized spacial score (nSPS) is 13.1. The van der Waals surface area contributed by atoms with Crippen LogP contribution in [-0.2, 0) is 4.79 Å². The minimum absolute atomic E-state index is 0.0954. The lowest BCUT2D eigenvalue weighted by molar-refractivity contribution is -0.324. The second-order valence-electron chi connectivity index (χ2n) is 5.44. The average molecular weight is 341 g/mol. The summed E-state index contributed by atoms with van der Waals surface area (Å²) in [7, 11) is 0. The number of nitrogens with one attached hydrogen (secondary N) is 1. The molecule has 1 aromatic rings. The maximum atomic E-state index is 13.1. The first-order chi connectivity index (χ1) is 10.3. The van der Waals surface area contributed by atoms with Gasteiger partial charge in [-0.05, 0) is 56.0 Å². The molecule has 2 nitrogen and oxygen atoms in total. The highest BCUT2D eigenvalue weighted by molar-refractivity contribution is 5.96. The molecule has 0 aliphatic rings. The van der Waals surface area contributed by atoms with Gasteiger partial charge in [0.1, 0.15) is 0 Å². The van der Waals surface area contributed by atoms with Crippen LogP contribution in [0.5, 0.6) is 0 Å². The van der Waals surface area contributed by atoms with Crippen LogP contribution in [0, 0.1) is 26.2 Å². The molecule has 23 heavy (non-hydrogen) atoms. The molecule has 0 aliphatic carbocycles. The largest absolute Gasteiger partial charge is 0.412 e. The van der Waals surface area contributed by atoms with Crippen LogP contribution >= 0.6 is 0 Å². The molecule has 0 heterocycles. The van der Waals surface area contributed by atoms with E-state index >= 15 is 0 Å². The molecule has 0 aromatic heterocycles. The zero-order valence-electron chi connectivity index (χ0n) is 13.0. The van der Waals surface area contributed by atoms with E-state index in [-0.39, 0.29) is 5.69 Å². The fourth-order valence-corrected chi connectivity index (χ4v) is 2.33. The first kappa shape index (κ1) is 19.3. The zero-order valence-corrected chi connectivity index (χ0v) is 13.0. The molecule has 0 aliphatic heterocycles. The third-order valence-corrected chi connectivity index (χ3v) is 4.07. The second kappa shape index (κ2) is 6.05. The van der Waals surface area contributed by atoms with Crippen LogP contribution in [0.4, 0.5) is 32.0 Å². The lowest BCUT2D eigenvalue weighted by Crippen LogP contribution is -2.57. The smallest absolute Gasteiger partial charge is 0.325 e. The van der Waals surface area contributed by atoms with Gasteiger partial charge in [0.25, 0.3) is 0 Å². The third kappa shape index (κ3) is 3.30. The predicted molar refractivity (Wildman–Crippen MR) is 74.1 cm³/mol. The third-order valence-electron chi connectivity index (χ3n) is 4.07. The molecule has 1 N–H and O–H groups in total. The maximum absolute atomic E-state index is 13.1. The SMILES string of the molecule is CCC(C(=O)Nc1cc(C)c(C)c(C)c1)(C(F)(F)F)C(F)(F)F. The van der Waals surface area contributed by atoms with Crippen LogP contribution in [0.1, 0.15) is 30.0 Å². The van der Waals surface area contributed by atoms with Gasteiger partial charge in [-0.25, -0.2) is 0 Å². The molecule has 1 aromatic carbocycles. The molecule has 0 radical (unpaired) electrons. The van der Waals surface area contributed by atoms with Gasteiger partial charge in [-0.1, -0.05) is 6.92 Å². The van der Waals surface area contributed by atoms with Gasteiger partial charge >= 0.3 is 12.4 Å². The summed E-state index contributed by atoms with van der Waals surface area (Å²) in [4.78, 5) is 11.9. The minimum Gasteiger partial charge on any atom is -0.325 e. The number of carbonyl (C=O) groups excluding carboxylic acids is 1. The van der Waals surface area contributed by atoms with Crippen LogP contribution in [0.25, 0.3) is 0 Å². The number of rotatable bonds is 3. The molecule has 0 saturated carbocycles. The first-order valence-electron chi connectivity index (χ1n) is 6.80. The highest BCUT2D eigenvalue weighted by atomic mass is 19.4. The van der Waals surface area contributed by atoms with E-state index in [0.29, 0.717) is 18.1 Å². The van der Waals surface area contributed by atoms with E-state index in [9.17, 15) is 31.1 Å². The highest BCUT2D eigenvalue weighted by Crippen LogP contribution is 2.53. The lowest BCUT2D eigenvalue weighted by Gasteiger charge is -2.35. The van der Waals surface area contributed by atoms with Gasteiger partial charge < -0.3 is 5.32 Å². The number of hydrogen-bond acceptors (Lipinski definition) is 1. The fraction of sp³-hybridized carbons (Fsp3) is 0.533. The van der Waals surface area contributed by atoms with Crippen molar-refractivity contribution in [3.05, 3.63) is 28.8 Å². The van der Waals surface area contributed by atoms with Crippen LogP contribution in [0.2, 0.25) is 0 Å². The summed E-state index contributed by atoms with van der Waals surface area (Å²) in [5.41, 5.74) is -2.38. The molecule has 0 saturated heterocycles. The van der Waals surface area contributed by atoms with Crippen LogP contribution in [-0.4, -0.2) is 18.3 Å². The molecule has 1 rings (SSSR count). The van der Waals surface area contributed by atoms with Gasteiger partial charge in [-0.2, -0.15) is 26.3 Å². The molecule has 0 unspecified atom stereocenters. The minimum atomic E-state index is -5.75. The van der Waals surface area contributed by atoms with E-state index < -0.39 is 30.1 Å². The number of benzene rings is 1. The quantitative estimate of drug-likeness (QED) is 0.764. The van der Waals surface area contributed by atoms with Gasteiger partial charge in [0, 0.05) is 5.69 Å². The number of anilines is 1. The number of alkyl halides is 6. The maximum Gasteiger partial charge on any atom is 0.412 e. The van der Waals surface area contributed by atoms with Crippen molar-refractivity contribution in [1.82, 2.24) is 0 Å². The Bertz CT molecular complexity index is 566. The van der Waals surface area contributed by atoms with Crippen molar-refractivity contribution in [2.24, 2.45) is 5.41 Å². The van der Waals surface area contributed by atoms with Crippen LogP contribution in [0.15, 0.2) is 12.1 Å². The second-order valence-corrected chi connectivity index (χ2v) is 5.44. The van der Waals surface area contributed by atoms with Gasteiger partial charge in [0.15, 0.2) is 0 Å². The van der Waals surface area contributed by atoms with Crippen molar-refractivity contribution < 1.29 is 31.1 Å². The summed E-state index contributed by atoms with van der Waals surface area (Å²) in [5, 5.41) is 1.78. The summed E-state index contributed by atoms with van der Waals surface area (Å²) < 4.78 is 78.4. The summed E-state index contributed by atoms with van der Waals surface area (Å²) in [6, 6.07) is 2.68. The Morgan fingerprint density at radius 2 is 1.35 bits per heavy atom. The van der Waals surface area contributed by atoms with Crippen molar-refractivity contribution >= 4 is 11.6 Å². The molecular formula is C15H17F6NO. The van der Waals surface area contributed by atoms with Crippen LogP contribution in [0.3, 0.4) is 0 Å². The molecule has 0 bridgehead atoms. The number of hydrogen-bond donors (Lipinski definition) is 1. The Morgan fingerprint density at radius 3 is 1.65 bits per heavy atom. The van der Waals surface area contributed by atoms with Crippen LogP contribution < -0.4 is 5.32 Å². The van der Waals surface area contributed by atoms with E-state index in [1.807, 2.05) is 0 Å². The molecule has 8 heteroatoms. The number of amides is 1. The summed E-state index contributed by atoms with van der Waals surface area (Å²) >= 11 is 0. The van der Waals surface area contributed by atoms with Crippen molar-refractivity contribution in [3.63, 3.8) is 0 Å². The lowest BCUT2D eigenvalue weighted by atomic mass is 9.82. The Kier molecular flexibility index (Phi) is 5.08. The van der Waals surface area contributed by atoms with E-state index in [2.05, 4.69) is 0 Å².